The van der Waals surface area contributed by atoms with E-state index in [1.165, 1.54) is 66.3 Å². The zero-order valence-corrected chi connectivity index (χ0v) is 43.6. The average molecular weight is 1010 g/mol. The van der Waals surface area contributed by atoms with Crippen molar-refractivity contribution in [2.24, 2.45) is 0 Å². The summed E-state index contributed by atoms with van der Waals surface area (Å²) in [5.41, 5.74) is 24.6. The Morgan fingerprint density at radius 3 is 1.70 bits per heavy atom. The third kappa shape index (κ3) is 7.08. The molecule has 16 rings (SSSR count). The topological polar surface area (TPSA) is 34.5 Å². The Labute approximate surface area is 457 Å². The van der Waals surface area contributed by atoms with Crippen molar-refractivity contribution in [2.45, 2.75) is 19.3 Å². The van der Waals surface area contributed by atoms with Crippen molar-refractivity contribution >= 4 is 82.7 Å². The molecule has 0 unspecified atom stereocenters. The van der Waals surface area contributed by atoms with Gasteiger partial charge < -0.3 is 18.3 Å². The molecular formula is C75H50N2O2. The monoisotopic (exact) mass is 1010 g/mol. The number of hydrogen-bond acceptors (Lipinski definition) is 3. The van der Waals surface area contributed by atoms with Crippen LogP contribution in [0.2, 0.25) is 0 Å². The van der Waals surface area contributed by atoms with E-state index >= 15 is 0 Å². The summed E-state index contributed by atoms with van der Waals surface area (Å²) >= 11 is 0. The van der Waals surface area contributed by atoms with Crippen molar-refractivity contribution in [2.75, 3.05) is 4.90 Å². The van der Waals surface area contributed by atoms with Gasteiger partial charge in [-0.25, -0.2) is 0 Å². The molecule has 1 aliphatic carbocycles. The van der Waals surface area contributed by atoms with Gasteiger partial charge in [0.2, 0.25) is 0 Å². The molecule has 0 saturated heterocycles. The summed E-state index contributed by atoms with van der Waals surface area (Å²) in [6.07, 6.45) is 0. The molecule has 3 heterocycles. The number of para-hydroxylation sites is 3. The van der Waals surface area contributed by atoms with Crippen LogP contribution >= 0.6 is 0 Å². The van der Waals surface area contributed by atoms with Gasteiger partial charge in [0.15, 0.2) is 0 Å². The molecule has 0 bridgehead atoms. The summed E-state index contributed by atoms with van der Waals surface area (Å²) < 4.78 is 15.7. The molecule has 15 aromatic rings. The molecule has 1 aliphatic rings. The Morgan fingerprint density at radius 1 is 0.329 bits per heavy atom. The lowest BCUT2D eigenvalue weighted by Gasteiger charge is -2.27. The third-order valence-corrected chi connectivity index (χ3v) is 16.8. The Hall–Kier alpha value is -10.2. The van der Waals surface area contributed by atoms with E-state index in [9.17, 15) is 0 Å². The maximum atomic E-state index is 6.78. The van der Waals surface area contributed by atoms with E-state index in [0.717, 1.165) is 88.9 Å². The van der Waals surface area contributed by atoms with Crippen LogP contribution in [0.5, 0.6) is 0 Å². The Bertz CT molecular complexity index is 4900. The fourth-order valence-corrected chi connectivity index (χ4v) is 12.9. The minimum Gasteiger partial charge on any atom is -0.456 e. The Morgan fingerprint density at radius 2 is 0.873 bits per heavy atom. The first-order valence-electron chi connectivity index (χ1n) is 27.2. The molecule has 4 nitrogen and oxygen atoms in total. The number of rotatable bonds is 8. The van der Waals surface area contributed by atoms with Crippen LogP contribution in [0.4, 0.5) is 17.1 Å². The smallest absolute Gasteiger partial charge is 0.143 e. The highest BCUT2D eigenvalue weighted by Gasteiger charge is 2.35. The molecule has 0 saturated carbocycles. The number of anilines is 3. The third-order valence-electron chi connectivity index (χ3n) is 16.8. The van der Waals surface area contributed by atoms with E-state index in [2.05, 4.69) is 278 Å². The lowest BCUT2D eigenvalue weighted by Crippen LogP contribution is -2.14. The number of nitrogens with zero attached hydrogens (tertiary/aromatic N) is 2. The first-order valence-corrected chi connectivity index (χ1v) is 27.2. The van der Waals surface area contributed by atoms with Gasteiger partial charge in [-0.3, -0.25) is 0 Å². The standard InChI is InChI=1S/C75H50N2O2/c1-75(2)65-21-9-6-16-58(65)59-41-32-53(46-66(59)75)49-28-35-54(36-29-49)76(55-39-30-50(31-40-55)57-19-12-20-62-61-18-8-11-24-70(61)79-74(57)62)69-23-13-25-72-73(69)64-45-52(34-43-71(64)78-72)51-33-42-68-63(44-51)60-17-7-10-22-67(60)77(68)56-37-26-48(27-38-56)47-14-4-3-5-15-47/h3-46H,1-2H3. The van der Waals surface area contributed by atoms with Gasteiger partial charge in [0, 0.05) is 55.0 Å². The van der Waals surface area contributed by atoms with Gasteiger partial charge in [-0.15, -0.1) is 0 Å². The van der Waals surface area contributed by atoms with Gasteiger partial charge in [-0.05, 0) is 152 Å². The van der Waals surface area contributed by atoms with Gasteiger partial charge in [0.25, 0.3) is 0 Å². The first kappa shape index (κ1) is 45.1. The molecule has 4 heteroatoms. The van der Waals surface area contributed by atoms with Crippen LogP contribution < -0.4 is 4.90 Å². The molecular weight excluding hydrogens is 961 g/mol. The summed E-state index contributed by atoms with van der Waals surface area (Å²) in [5.74, 6) is 0. The molecule has 12 aromatic carbocycles. The van der Waals surface area contributed by atoms with Gasteiger partial charge in [-0.1, -0.05) is 190 Å². The first-order chi connectivity index (χ1) is 38.9. The van der Waals surface area contributed by atoms with Crippen molar-refractivity contribution < 1.29 is 8.83 Å². The number of benzene rings is 12. The molecule has 0 fully saturated rings. The fraction of sp³-hybridized carbons (Fsp3) is 0.0400. The summed E-state index contributed by atoms with van der Waals surface area (Å²) in [6.45, 7) is 4.69. The molecule has 0 amide bonds. The zero-order chi connectivity index (χ0) is 52.3. The van der Waals surface area contributed by atoms with Crippen LogP contribution in [-0.2, 0) is 5.41 Å². The van der Waals surface area contributed by atoms with Crippen molar-refractivity contribution in [3.8, 4) is 61.3 Å². The summed E-state index contributed by atoms with van der Waals surface area (Å²) in [5, 5.41) is 6.77. The van der Waals surface area contributed by atoms with Crippen LogP contribution in [0.15, 0.2) is 276 Å². The van der Waals surface area contributed by atoms with Crippen LogP contribution in [0.25, 0.3) is 127 Å². The minimum atomic E-state index is -0.0869. The maximum absolute atomic E-state index is 6.78. The van der Waals surface area contributed by atoms with Crippen LogP contribution in [-0.4, -0.2) is 4.57 Å². The van der Waals surface area contributed by atoms with E-state index in [-0.39, 0.29) is 5.41 Å². The Kier molecular flexibility index (Phi) is 9.95. The predicted octanol–water partition coefficient (Wildman–Crippen LogP) is 21.0. The Balaban J connectivity index is 0.818. The van der Waals surface area contributed by atoms with Crippen LogP contribution in [0.1, 0.15) is 25.0 Å². The van der Waals surface area contributed by atoms with Crippen molar-refractivity contribution in [1.29, 1.82) is 0 Å². The quantitative estimate of drug-likeness (QED) is 0.152. The normalized spacial score (nSPS) is 12.8. The van der Waals surface area contributed by atoms with E-state index in [0.29, 0.717) is 0 Å². The summed E-state index contributed by atoms with van der Waals surface area (Å²) in [7, 11) is 0. The van der Waals surface area contributed by atoms with Gasteiger partial charge in [0.1, 0.15) is 22.3 Å². The van der Waals surface area contributed by atoms with Gasteiger partial charge >= 0.3 is 0 Å². The maximum Gasteiger partial charge on any atom is 0.143 e. The molecule has 0 spiro atoms. The lowest BCUT2D eigenvalue weighted by atomic mass is 9.81. The summed E-state index contributed by atoms with van der Waals surface area (Å²) in [4.78, 5) is 2.38. The van der Waals surface area contributed by atoms with E-state index in [4.69, 9.17) is 8.83 Å². The van der Waals surface area contributed by atoms with Crippen molar-refractivity contribution in [3.63, 3.8) is 0 Å². The fourth-order valence-electron chi connectivity index (χ4n) is 12.9. The SMILES string of the molecule is CC1(C)c2ccccc2-c2ccc(-c3ccc(N(c4ccc(-c5cccc6c5oc5ccccc56)cc4)c4cccc5oc6ccc(-c7ccc8c(c7)c7ccccc7n8-c7ccc(-c8ccccc8)cc7)cc6c45)cc3)cc21. The molecule has 0 atom stereocenters. The summed E-state index contributed by atoms with van der Waals surface area (Å²) in [6, 6.07) is 96.8. The highest BCUT2D eigenvalue weighted by molar-refractivity contribution is 6.15. The highest BCUT2D eigenvalue weighted by atomic mass is 16.3. The number of fused-ring (bicyclic) bond motifs is 12. The van der Waals surface area contributed by atoms with Gasteiger partial charge in [0.05, 0.1) is 22.1 Å². The van der Waals surface area contributed by atoms with E-state index in [1.807, 2.05) is 12.1 Å². The molecule has 372 valence electrons. The second-order valence-electron chi connectivity index (χ2n) is 21.6. The molecule has 0 radical (unpaired) electrons. The number of furan rings is 2. The molecule has 0 N–H and O–H groups in total. The highest BCUT2D eigenvalue weighted by Crippen LogP contribution is 2.50. The minimum absolute atomic E-state index is 0.0869. The van der Waals surface area contributed by atoms with Crippen LogP contribution in [0.3, 0.4) is 0 Å². The molecule has 0 aliphatic heterocycles. The lowest BCUT2D eigenvalue weighted by molar-refractivity contribution is 0.660. The largest absolute Gasteiger partial charge is 0.456 e. The predicted molar refractivity (Wildman–Crippen MR) is 329 cm³/mol. The molecule has 79 heavy (non-hydrogen) atoms. The van der Waals surface area contributed by atoms with Crippen molar-refractivity contribution in [1.82, 2.24) is 4.57 Å². The number of aromatic nitrogens is 1. The van der Waals surface area contributed by atoms with E-state index in [1.54, 1.807) is 0 Å². The average Bonchev–Trinajstić information content (AvgIpc) is 4.46. The number of hydrogen-bond donors (Lipinski definition) is 0. The second kappa shape index (κ2) is 17.4. The van der Waals surface area contributed by atoms with Crippen LogP contribution in [0, 0.1) is 0 Å². The molecule has 3 aromatic heterocycles. The zero-order valence-electron chi connectivity index (χ0n) is 43.6. The van der Waals surface area contributed by atoms with Gasteiger partial charge in [-0.2, -0.15) is 0 Å². The van der Waals surface area contributed by atoms with E-state index < -0.39 is 0 Å². The second-order valence-corrected chi connectivity index (χ2v) is 21.6. The van der Waals surface area contributed by atoms with Crippen molar-refractivity contribution in [3.05, 3.63) is 278 Å².